The second-order valence-corrected chi connectivity index (χ2v) is 6.96. The van der Waals surface area contributed by atoms with Crippen LogP contribution in [0.1, 0.15) is 35.5 Å². The monoisotopic (exact) mass is 380 g/mol. The van der Waals surface area contributed by atoms with Crippen LogP contribution in [0, 0.1) is 0 Å². The molecule has 2 rings (SSSR count). The van der Waals surface area contributed by atoms with Crippen molar-refractivity contribution in [1.29, 1.82) is 0 Å². The molecular weight excluding hydrogens is 360 g/mol. The number of methoxy groups -OCH3 is 1. The van der Waals surface area contributed by atoms with Gasteiger partial charge in [0.2, 0.25) is 0 Å². The van der Waals surface area contributed by atoms with Gasteiger partial charge in [0, 0.05) is 24.8 Å². The molecule has 0 fully saturated rings. The van der Waals surface area contributed by atoms with Crippen molar-refractivity contribution in [2.75, 3.05) is 13.7 Å². The van der Waals surface area contributed by atoms with Crippen molar-refractivity contribution >= 4 is 22.9 Å². The lowest BCUT2D eigenvalue weighted by Crippen LogP contribution is -2.01. The molecule has 0 bridgehead atoms. The molecule has 2 aromatic rings. The van der Waals surface area contributed by atoms with E-state index in [1.165, 1.54) is 23.5 Å². The van der Waals surface area contributed by atoms with E-state index in [2.05, 4.69) is 5.73 Å². The molecule has 0 saturated heterocycles. The Bertz CT molecular complexity index is 736. The first-order chi connectivity index (χ1) is 12.0. The topological polar surface area (TPSA) is 69.9 Å². The Labute approximate surface area is 156 Å². The van der Waals surface area contributed by atoms with Gasteiger partial charge in [-0.3, -0.25) is 0 Å². The summed E-state index contributed by atoms with van der Waals surface area (Å²) in [6.07, 6.45) is 1.05. The van der Waals surface area contributed by atoms with E-state index in [0.29, 0.717) is 30.0 Å². The lowest BCUT2D eigenvalue weighted by Gasteiger charge is -2.11. The zero-order valence-electron chi connectivity index (χ0n) is 13.9. The van der Waals surface area contributed by atoms with E-state index in [0.717, 1.165) is 10.5 Å². The Morgan fingerprint density at radius 1 is 1.32 bits per heavy atom. The minimum Gasteiger partial charge on any atom is -0.508 e. The van der Waals surface area contributed by atoms with E-state index < -0.39 is 12.2 Å². The summed E-state index contributed by atoms with van der Waals surface area (Å²) in [5.41, 5.74) is 4.46. The number of aliphatic hydroxyl groups excluding tert-OH is 2. The van der Waals surface area contributed by atoms with Gasteiger partial charge in [-0.2, -0.15) is 0 Å². The number of benzene rings is 1. The summed E-state index contributed by atoms with van der Waals surface area (Å²) in [5, 5.41) is 32.1. The number of rotatable bonds is 8. The van der Waals surface area contributed by atoms with Gasteiger partial charge in [0.25, 0.3) is 0 Å². The molecule has 0 unspecified atom stereocenters. The van der Waals surface area contributed by atoms with Gasteiger partial charge in [0.05, 0.1) is 23.8 Å². The second kappa shape index (κ2) is 9.78. The number of hydrogen-bond donors (Lipinski definition) is 3. The third-order valence-electron chi connectivity index (χ3n) is 3.62. The van der Waals surface area contributed by atoms with Crippen LogP contribution in [0.25, 0.3) is 0 Å². The van der Waals surface area contributed by atoms with E-state index in [1.807, 2.05) is 17.5 Å². The van der Waals surface area contributed by atoms with Crippen LogP contribution in [0.15, 0.2) is 53.1 Å². The second-order valence-electron chi connectivity index (χ2n) is 5.58. The van der Waals surface area contributed by atoms with Crippen LogP contribution >= 0.6 is 22.9 Å². The molecule has 6 heteroatoms. The average Bonchev–Trinajstić information content (AvgIpc) is 3.09. The molecule has 3 N–H and O–H groups in total. The van der Waals surface area contributed by atoms with Crippen LogP contribution in [-0.4, -0.2) is 29.0 Å². The van der Waals surface area contributed by atoms with Gasteiger partial charge in [-0.15, -0.1) is 17.1 Å². The lowest BCUT2D eigenvalue weighted by molar-refractivity contribution is 0.167. The predicted molar refractivity (Wildman–Crippen MR) is 100 cm³/mol. The normalized spacial score (nSPS) is 13.1. The molecule has 0 aliphatic heterocycles. The van der Waals surface area contributed by atoms with Crippen molar-refractivity contribution in [1.82, 2.24) is 0 Å². The van der Waals surface area contributed by atoms with Gasteiger partial charge in [-0.25, -0.2) is 0 Å². The largest absolute Gasteiger partial charge is 0.508 e. The fourth-order valence-corrected chi connectivity index (χ4v) is 3.39. The Hall–Kier alpha value is -1.59. The number of thiophene rings is 1. The molecule has 1 aromatic heterocycles. The highest BCUT2D eigenvalue weighted by atomic mass is 35.5. The smallest absolute Gasteiger partial charge is 0.117 e. The highest BCUT2D eigenvalue weighted by molar-refractivity contribution is 7.10. The summed E-state index contributed by atoms with van der Waals surface area (Å²) in [6.45, 7) is 0.356. The molecule has 0 spiro atoms. The van der Waals surface area contributed by atoms with E-state index in [1.54, 1.807) is 19.3 Å². The van der Waals surface area contributed by atoms with E-state index >= 15 is 0 Å². The quantitative estimate of drug-likeness (QED) is 0.594. The number of halogens is 1. The number of hydrogen-bond acceptors (Lipinski definition) is 5. The summed E-state index contributed by atoms with van der Waals surface area (Å²) >= 11 is 7.53. The Morgan fingerprint density at radius 3 is 2.76 bits per heavy atom. The van der Waals surface area contributed by atoms with Gasteiger partial charge < -0.3 is 20.1 Å². The predicted octanol–water partition coefficient (Wildman–Crippen LogP) is 4.38. The first kappa shape index (κ1) is 19.7. The summed E-state index contributed by atoms with van der Waals surface area (Å²) < 4.78 is 5.16. The van der Waals surface area contributed by atoms with E-state index in [4.69, 9.17) is 16.3 Å². The number of aliphatic hydroxyl groups is 2. The summed E-state index contributed by atoms with van der Waals surface area (Å²) in [7, 11) is 1.59. The number of ether oxygens (including phenoxy) is 1. The Kier molecular flexibility index (Phi) is 7.72. The third-order valence-corrected chi connectivity index (χ3v) is 4.92. The maximum absolute atomic E-state index is 10.2. The minimum absolute atomic E-state index is 0.0568. The van der Waals surface area contributed by atoms with Crippen LogP contribution in [-0.2, 0) is 4.74 Å². The summed E-state index contributed by atoms with van der Waals surface area (Å²) in [5.74, 6) is 0.0568. The van der Waals surface area contributed by atoms with E-state index in [9.17, 15) is 15.3 Å². The molecule has 0 radical (unpaired) electrons. The molecule has 0 saturated carbocycles. The Balaban J connectivity index is 2.05. The fraction of sp³-hybridized carbons (Fsp3) is 0.316. The highest BCUT2D eigenvalue weighted by Gasteiger charge is 2.12. The molecule has 0 aliphatic rings. The maximum Gasteiger partial charge on any atom is 0.117 e. The average molecular weight is 381 g/mol. The van der Waals surface area contributed by atoms with Crippen molar-refractivity contribution in [2.24, 2.45) is 0 Å². The van der Waals surface area contributed by atoms with Crippen LogP contribution in [0.4, 0.5) is 0 Å². The number of phenols is 1. The van der Waals surface area contributed by atoms with Crippen molar-refractivity contribution in [3.63, 3.8) is 0 Å². The zero-order valence-corrected chi connectivity index (χ0v) is 15.4. The molecule has 0 aliphatic carbocycles. The highest BCUT2D eigenvalue weighted by Crippen LogP contribution is 2.29. The van der Waals surface area contributed by atoms with Gasteiger partial charge in [0.1, 0.15) is 5.75 Å². The van der Waals surface area contributed by atoms with E-state index in [-0.39, 0.29) is 5.75 Å². The van der Waals surface area contributed by atoms with Gasteiger partial charge >= 0.3 is 0 Å². The van der Waals surface area contributed by atoms with Crippen molar-refractivity contribution in [3.05, 3.63) is 68.6 Å². The van der Waals surface area contributed by atoms with Crippen molar-refractivity contribution in [2.45, 2.75) is 25.0 Å². The first-order valence-corrected chi connectivity index (χ1v) is 9.06. The van der Waals surface area contributed by atoms with Gasteiger partial charge in [-0.1, -0.05) is 23.7 Å². The molecule has 1 aromatic carbocycles. The standard InChI is InChI=1S/C19H21ClO4S/c1-24-12-13(10-18(23)19-6-3-9-25-19)4-2-5-17(22)15-8-7-14(21)11-16(15)20/h2-3,6-9,11,17-18,21-23H,5,10,12H2,1H3/t4?,17-,18-/m1/s1. The van der Waals surface area contributed by atoms with Gasteiger partial charge in [-0.05, 0) is 40.8 Å². The minimum atomic E-state index is -0.799. The van der Waals surface area contributed by atoms with Crippen LogP contribution < -0.4 is 0 Å². The molecule has 25 heavy (non-hydrogen) atoms. The lowest BCUT2D eigenvalue weighted by atomic mass is 10.1. The molecule has 4 nitrogen and oxygen atoms in total. The van der Waals surface area contributed by atoms with Crippen molar-refractivity contribution < 1.29 is 20.1 Å². The fourth-order valence-electron chi connectivity index (χ4n) is 2.38. The zero-order chi connectivity index (χ0) is 18.2. The molecule has 1 heterocycles. The van der Waals surface area contributed by atoms with Gasteiger partial charge in [0.15, 0.2) is 0 Å². The maximum atomic E-state index is 10.2. The van der Waals surface area contributed by atoms with Crippen LogP contribution in [0.2, 0.25) is 5.02 Å². The van der Waals surface area contributed by atoms with Crippen LogP contribution in [0.5, 0.6) is 5.75 Å². The molecule has 0 amide bonds. The molecule has 2 atom stereocenters. The van der Waals surface area contributed by atoms with Crippen molar-refractivity contribution in [3.8, 4) is 5.75 Å². The Morgan fingerprint density at radius 2 is 2.12 bits per heavy atom. The molecular formula is C19H21ClO4S. The number of aromatic hydroxyl groups is 1. The number of phenolic OH excluding ortho intramolecular Hbond substituents is 1. The third kappa shape index (κ3) is 6.01. The SMILES string of the molecule is COCC(=C=CC[C@@H](O)c1ccc(O)cc1Cl)C[C@@H](O)c1cccs1. The first-order valence-electron chi connectivity index (χ1n) is 7.81. The summed E-state index contributed by atoms with van der Waals surface area (Å²) in [6, 6.07) is 8.26. The summed E-state index contributed by atoms with van der Waals surface area (Å²) in [4.78, 5) is 0.895. The molecule has 134 valence electrons. The van der Waals surface area contributed by atoms with Crippen LogP contribution in [0.3, 0.4) is 0 Å².